The molecule has 0 aliphatic carbocycles. The van der Waals surface area contributed by atoms with Gasteiger partial charge in [-0.1, -0.05) is 35.9 Å². The Morgan fingerprint density at radius 1 is 1.00 bits per heavy atom. The molecule has 0 saturated carbocycles. The van der Waals surface area contributed by atoms with Gasteiger partial charge in [-0.25, -0.2) is 4.79 Å². The summed E-state index contributed by atoms with van der Waals surface area (Å²) in [6.45, 7) is 0. The van der Waals surface area contributed by atoms with Crippen molar-refractivity contribution in [3.8, 4) is 11.5 Å². The summed E-state index contributed by atoms with van der Waals surface area (Å²) in [4.78, 5) is 26.3. The zero-order valence-corrected chi connectivity index (χ0v) is 17.8. The highest BCUT2D eigenvalue weighted by molar-refractivity contribution is 6.30. The van der Waals surface area contributed by atoms with Gasteiger partial charge in [0.25, 0.3) is 5.91 Å². The monoisotopic (exact) mass is 447 g/mol. The van der Waals surface area contributed by atoms with E-state index >= 15 is 0 Å². The molecule has 4 aromatic rings. The lowest BCUT2D eigenvalue weighted by molar-refractivity contribution is -0.122. The quantitative estimate of drug-likeness (QED) is 0.446. The molecule has 2 atom stereocenters. The molecule has 1 aliphatic heterocycles. The fourth-order valence-corrected chi connectivity index (χ4v) is 4.11. The van der Waals surface area contributed by atoms with Crippen molar-refractivity contribution in [3.63, 3.8) is 0 Å². The number of hydrogen-bond acceptors (Lipinski definition) is 5. The highest BCUT2D eigenvalue weighted by Crippen LogP contribution is 2.44. The van der Waals surface area contributed by atoms with Crippen LogP contribution in [0.5, 0.6) is 11.5 Å². The second-order valence-electron chi connectivity index (χ2n) is 7.41. The van der Waals surface area contributed by atoms with Crippen LogP contribution in [0.25, 0.3) is 11.0 Å². The van der Waals surface area contributed by atoms with Gasteiger partial charge in [-0.15, -0.1) is 0 Å². The number of rotatable bonds is 4. The molecule has 0 saturated heterocycles. The normalized spacial score (nSPS) is 16.9. The summed E-state index contributed by atoms with van der Waals surface area (Å²) in [6.07, 6.45) is -0.970. The predicted octanol–water partition coefficient (Wildman–Crippen LogP) is 4.99. The van der Waals surface area contributed by atoms with E-state index in [-0.39, 0.29) is 5.91 Å². The molecule has 32 heavy (non-hydrogen) atoms. The van der Waals surface area contributed by atoms with Crippen LogP contribution in [0.1, 0.15) is 17.0 Å². The van der Waals surface area contributed by atoms with Crippen LogP contribution in [0.4, 0.5) is 5.69 Å². The van der Waals surface area contributed by atoms with Crippen molar-refractivity contribution < 1.29 is 18.7 Å². The minimum atomic E-state index is -0.970. The Hall–Kier alpha value is -3.77. The van der Waals surface area contributed by atoms with E-state index in [0.717, 1.165) is 5.56 Å². The van der Waals surface area contributed by atoms with Crippen molar-refractivity contribution in [3.05, 3.63) is 99.4 Å². The molecule has 5 rings (SSSR count). The summed E-state index contributed by atoms with van der Waals surface area (Å²) < 4.78 is 16.9. The molecule has 7 heteroatoms. The van der Waals surface area contributed by atoms with Crippen LogP contribution < -0.4 is 20.4 Å². The number of carbonyl (C=O) groups is 1. The van der Waals surface area contributed by atoms with Crippen molar-refractivity contribution >= 4 is 34.2 Å². The molecule has 1 N–H and O–H groups in total. The standard InChI is InChI=1S/C25H18ClNO5/c1-30-17-12-10-16(11-13-17)27-24(28)23-20(14-6-8-15(26)9-7-14)21-22(32-23)18-4-2-3-5-19(18)31-25(21)29/h2-13,20,23H,1H3,(H,27,28)/t20-,23+/m0/s1. The third kappa shape index (κ3) is 3.48. The van der Waals surface area contributed by atoms with E-state index in [1.165, 1.54) is 0 Å². The molecule has 6 nitrogen and oxygen atoms in total. The SMILES string of the molecule is COc1ccc(NC(=O)[C@@H]2Oc3c(c(=O)oc4ccccc34)[C@@H]2c2ccc(Cl)cc2)cc1. The smallest absolute Gasteiger partial charge is 0.344 e. The molecule has 0 unspecified atom stereocenters. The van der Waals surface area contributed by atoms with Crippen LogP contribution in [0.3, 0.4) is 0 Å². The zero-order chi connectivity index (χ0) is 22.2. The number of amides is 1. The molecule has 1 amide bonds. The lowest BCUT2D eigenvalue weighted by Crippen LogP contribution is -2.35. The maximum Gasteiger partial charge on any atom is 0.344 e. The maximum absolute atomic E-state index is 13.3. The Morgan fingerprint density at radius 3 is 2.44 bits per heavy atom. The summed E-state index contributed by atoms with van der Waals surface area (Å²) >= 11 is 6.06. The van der Waals surface area contributed by atoms with E-state index in [2.05, 4.69) is 5.32 Å². The minimum Gasteiger partial charge on any atom is -0.497 e. The Bertz CT molecular complexity index is 1360. The number of hydrogen-bond donors (Lipinski definition) is 1. The summed E-state index contributed by atoms with van der Waals surface area (Å²) in [5.41, 5.74) is 1.51. The highest BCUT2D eigenvalue weighted by atomic mass is 35.5. The van der Waals surface area contributed by atoms with E-state index < -0.39 is 17.6 Å². The average Bonchev–Trinajstić information content (AvgIpc) is 3.22. The van der Waals surface area contributed by atoms with Crippen molar-refractivity contribution in [1.29, 1.82) is 0 Å². The second-order valence-corrected chi connectivity index (χ2v) is 7.85. The van der Waals surface area contributed by atoms with Crippen LogP contribution in [0.15, 0.2) is 82.0 Å². The number of anilines is 1. The Balaban J connectivity index is 1.59. The fraction of sp³-hybridized carbons (Fsp3) is 0.120. The first kappa shape index (κ1) is 20.2. The molecule has 0 bridgehead atoms. The topological polar surface area (TPSA) is 77.8 Å². The molecule has 0 spiro atoms. The Kier molecular flexibility index (Phi) is 5.07. The molecule has 160 valence electrons. The number of carbonyl (C=O) groups excluding carboxylic acids is 1. The molecule has 2 heterocycles. The molecule has 0 fully saturated rings. The fourth-order valence-electron chi connectivity index (χ4n) is 3.98. The number of nitrogens with one attached hydrogen (secondary N) is 1. The Morgan fingerprint density at radius 2 is 1.72 bits per heavy atom. The summed E-state index contributed by atoms with van der Waals surface area (Å²) in [6, 6.07) is 21.1. The largest absolute Gasteiger partial charge is 0.497 e. The van der Waals surface area contributed by atoms with Gasteiger partial charge in [0, 0.05) is 10.7 Å². The van der Waals surface area contributed by atoms with Crippen LogP contribution in [0, 0.1) is 0 Å². The van der Waals surface area contributed by atoms with E-state index in [1.807, 2.05) is 6.07 Å². The van der Waals surface area contributed by atoms with E-state index in [0.29, 0.717) is 38.7 Å². The molecular weight excluding hydrogens is 430 g/mol. The van der Waals surface area contributed by atoms with Crippen LogP contribution in [-0.2, 0) is 4.79 Å². The number of halogens is 1. The molecule has 1 aliphatic rings. The van der Waals surface area contributed by atoms with E-state index in [4.69, 9.17) is 25.5 Å². The number of ether oxygens (including phenoxy) is 2. The summed E-state index contributed by atoms with van der Waals surface area (Å²) in [7, 11) is 1.57. The average molecular weight is 448 g/mol. The van der Waals surface area contributed by atoms with Crippen LogP contribution in [0.2, 0.25) is 5.02 Å². The van der Waals surface area contributed by atoms with E-state index in [9.17, 15) is 9.59 Å². The van der Waals surface area contributed by atoms with Gasteiger partial charge in [0.1, 0.15) is 17.1 Å². The van der Waals surface area contributed by atoms with Gasteiger partial charge >= 0.3 is 5.63 Å². The molecule has 0 radical (unpaired) electrons. The van der Waals surface area contributed by atoms with Gasteiger partial charge < -0.3 is 19.2 Å². The molecule has 1 aromatic heterocycles. The lowest BCUT2D eigenvalue weighted by Gasteiger charge is -2.19. The van der Waals surface area contributed by atoms with Gasteiger partial charge in [0.2, 0.25) is 0 Å². The first-order valence-electron chi connectivity index (χ1n) is 9.98. The van der Waals surface area contributed by atoms with Crippen molar-refractivity contribution in [2.24, 2.45) is 0 Å². The number of methoxy groups -OCH3 is 1. The lowest BCUT2D eigenvalue weighted by atomic mass is 9.88. The van der Waals surface area contributed by atoms with Gasteiger partial charge in [-0.05, 0) is 54.1 Å². The van der Waals surface area contributed by atoms with Crippen LogP contribution in [-0.4, -0.2) is 19.1 Å². The van der Waals surface area contributed by atoms with E-state index in [1.54, 1.807) is 73.8 Å². The first-order chi connectivity index (χ1) is 15.5. The summed E-state index contributed by atoms with van der Waals surface area (Å²) in [5, 5.41) is 4.06. The van der Waals surface area contributed by atoms with Crippen molar-refractivity contribution in [2.75, 3.05) is 12.4 Å². The van der Waals surface area contributed by atoms with Gasteiger partial charge in [-0.2, -0.15) is 0 Å². The molecule has 3 aromatic carbocycles. The maximum atomic E-state index is 13.3. The highest BCUT2D eigenvalue weighted by Gasteiger charge is 2.44. The predicted molar refractivity (Wildman–Crippen MR) is 122 cm³/mol. The third-order valence-electron chi connectivity index (χ3n) is 5.50. The Labute approximate surface area is 188 Å². The number of fused-ring (bicyclic) bond motifs is 3. The number of benzene rings is 3. The second kappa shape index (κ2) is 8.05. The van der Waals surface area contributed by atoms with Crippen LogP contribution >= 0.6 is 11.6 Å². The molecular formula is C25H18ClNO5. The third-order valence-corrected chi connectivity index (χ3v) is 5.75. The van der Waals surface area contributed by atoms with Crippen molar-refractivity contribution in [1.82, 2.24) is 0 Å². The van der Waals surface area contributed by atoms with Gasteiger partial charge in [-0.3, -0.25) is 4.79 Å². The minimum absolute atomic E-state index is 0.320. The first-order valence-corrected chi connectivity index (χ1v) is 10.4. The van der Waals surface area contributed by atoms with Gasteiger partial charge in [0.05, 0.1) is 24.0 Å². The zero-order valence-electron chi connectivity index (χ0n) is 17.0. The van der Waals surface area contributed by atoms with Crippen molar-refractivity contribution in [2.45, 2.75) is 12.0 Å². The summed E-state index contributed by atoms with van der Waals surface area (Å²) in [5.74, 6) is 0.0125. The number of para-hydroxylation sites is 1. The van der Waals surface area contributed by atoms with Gasteiger partial charge in [0.15, 0.2) is 6.10 Å².